The molecule has 2 aromatic rings. The lowest BCUT2D eigenvalue weighted by Crippen LogP contribution is -2.27. The number of benzene rings is 1. The van der Waals surface area contributed by atoms with Crippen LogP contribution >= 0.6 is 23.1 Å². The summed E-state index contributed by atoms with van der Waals surface area (Å²) in [4.78, 5) is 24.1. The molecule has 7 heteroatoms. The van der Waals surface area contributed by atoms with E-state index < -0.39 is 5.41 Å². The number of carbonyl (C=O) groups is 2. The molecule has 0 aliphatic heterocycles. The minimum Gasteiger partial charge on any atom is -0.326 e. The number of Topliss-reactive ketones (excluding diaryl/α,β-unsaturated/α-hetero) is 1. The second kappa shape index (κ2) is 7.23. The van der Waals surface area contributed by atoms with Crippen LogP contribution < -0.4 is 5.32 Å². The molecule has 2 rings (SSSR count). The van der Waals surface area contributed by atoms with Crippen molar-refractivity contribution < 1.29 is 9.59 Å². The monoisotopic (exact) mass is 349 g/mol. The van der Waals surface area contributed by atoms with E-state index in [-0.39, 0.29) is 11.7 Å². The Balaban J connectivity index is 1.93. The first kappa shape index (κ1) is 17.6. The highest BCUT2D eigenvalue weighted by atomic mass is 32.2. The molecule has 0 spiro atoms. The van der Waals surface area contributed by atoms with E-state index in [4.69, 9.17) is 0 Å². The van der Waals surface area contributed by atoms with Crippen LogP contribution in [0, 0.1) is 12.3 Å². The van der Waals surface area contributed by atoms with Gasteiger partial charge in [0.25, 0.3) is 0 Å². The van der Waals surface area contributed by atoms with Crippen molar-refractivity contribution in [3.05, 3.63) is 34.8 Å². The Morgan fingerprint density at radius 1 is 1.17 bits per heavy atom. The molecule has 0 aliphatic carbocycles. The molecule has 1 N–H and O–H groups in total. The highest BCUT2D eigenvalue weighted by Crippen LogP contribution is 2.23. The van der Waals surface area contributed by atoms with Gasteiger partial charge in [0.05, 0.1) is 5.75 Å². The lowest BCUT2D eigenvalue weighted by atomic mass is 9.95. The van der Waals surface area contributed by atoms with Crippen molar-refractivity contribution >= 4 is 40.5 Å². The van der Waals surface area contributed by atoms with Crippen molar-refractivity contribution in [2.24, 2.45) is 5.41 Å². The summed E-state index contributed by atoms with van der Waals surface area (Å²) in [6.45, 7) is 7.44. The number of hydrogen-bond acceptors (Lipinski definition) is 6. The smallest absolute Gasteiger partial charge is 0.229 e. The summed E-state index contributed by atoms with van der Waals surface area (Å²) < 4.78 is 0.796. The van der Waals surface area contributed by atoms with Crippen molar-refractivity contribution in [1.82, 2.24) is 10.2 Å². The molecule has 0 fully saturated rings. The normalized spacial score (nSPS) is 11.3. The van der Waals surface area contributed by atoms with Crippen LogP contribution in [0.15, 0.2) is 28.6 Å². The van der Waals surface area contributed by atoms with Crippen molar-refractivity contribution in [2.45, 2.75) is 32.0 Å². The first-order chi connectivity index (χ1) is 10.8. The Morgan fingerprint density at radius 2 is 1.83 bits per heavy atom. The number of hydrogen-bond donors (Lipinski definition) is 1. The average molecular weight is 349 g/mol. The fourth-order valence-corrected chi connectivity index (χ4v) is 3.32. The number of aryl methyl sites for hydroxylation is 1. The van der Waals surface area contributed by atoms with Gasteiger partial charge in [0, 0.05) is 16.7 Å². The first-order valence-corrected chi connectivity index (χ1v) is 8.93. The number of rotatable bonds is 5. The number of anilines is 1. The molecule has 0 saturated carbocycles. The van der Waals surface area contributed by atoms with Crippen LogP contribution in [0.4, 0.5) is 5.69 Å². The van der Waals surface area contributed by atoms with Gasteiger partial charge >= 0.3 is 0 Å². The maximum absolute atomic E-state index is 12.2. The van der Waals surface area contributed by atoms with E-state index in [1.165, 1.54) is 23.1 Å². The second-order valence-electron chi connectivity index (χ2n) is 6.08. The van der Waals surface area contributed by atoms with E-state index in [1.54, 1.807) is 24.3 Å². The van der Waals surface area contributed by atoms with Crippen molar-refractivity contribution in [1.29, 1.82) is 0 Å². The van der Waals surface area contributed by atoms with Gasteiger partial charge in [0.15, 0.2) is 10.1 Å². The quantitative estimate of drug-likeness (QED) is 0.656. The van der Waals surface area contributed by atoms with E-state index in [9.17, 15) is 9.59 Å². The Labute approximate surface area is 143 Å². The van der Waals surface area contributed by atoms with Crippen LogP contribution in [0.5, 0.6) is 0 Å². The number of thioether (sulfide) groups is 1. The number of amides is 1. The highest BCUT2D eigenvalue weighted by molar-refractivity contribution is 8.01. The molecule has 1 aromatic heterocycles. The molecule has 0 bridgehead atoms. The van der Waals surface area contributed by atoms with Crippen LogP contribution in [0.25, 0.3) is 0 Å². The molecule has 0 radical (unpaired) electrons. The summed E-state index contributed by atoms with van der Waals surface area (Å²) in [6, 6.07) is 6.95. The molecule has 5 nitrogen and oxygen atoms in total. The Morgan fingerprint density at radius 3 is 2.35 bits per heavy atom. The molecule has 1 aromatic carbocycles. The number of carbonyl (C=O) groups excluding carboxylic acids is 2. The van der Waals surface area contributed by atoms with Gasteiger partial charge in [-0.1, -0.05) is 43.9 Å². The van der Waals surface area contributed by atoms with Gasteiger partial charge < -0.3 is 5.32 Å². The van der Waals surface area contributed by atoms with Crippen LogP contribution in [-0.2, 0) is 4.79 Å². The lowest BCUT2D eigenvalue weighted by Gasteiger charge is -2.17. The fourth-order valence-electron chi connectivity index (χ4n) is 1.61. The van der Waals surface area contributed by atoms with Gasteiger partial charge in [0.1, 0.15) is 5.01 Å². The van der Waals surface area contributed by atoms with Crippen molar-refractivity contribution in [3.8, 4) is 0 Å². The largest absolute Gasteiger partial charge is 0.326 e. The number of ketones is 1. The number of aromatic nitrogens is 2. The molecule has 1 heterocycles. The molecular weight excluding hydrogens is 330 g/mol. The predicted molar refractivity (Wildman–Crippen MR) is 94.2 cm³/mol. The molecule has 0 unspecified atom stereocenters. The van der Waals surface area contributed by atoms with Crippen molar-refractivity contribution in [3.63, 3.8) is 0 Å². The first-order valence-electron chi connectivity index (χ1n) is 7.13. The number of nitrogens with one attached hydrogen (secondary N) is 1. The van der Waals surface area contributed by atoms with E-state index >= 15 is 0 Å². The van der Waals surface area contributed by atoms with E-state index in [2.05, 4.69) is 15.5 Å². The molecule has 122 valence electrons. The summed E-state index contributed by atoms with van der Waals surface area (Å²) in [5.41, 5.74) is 0.853. The van der Waals surface area contributed by atoms with E-state index in [0.29, 0.717) is 17.0 Å². The van der Waals surface area contributed by atoms with Gasteiger partial charge in [-0.15, -0.1) is 10.2 Å². The predicted octanol–water partition coefficient (Wildman–Crippen LogP) is 3.81. The minimum atomic E-state index is -0.453. The molecule has 0 saturated heterocycles. The maximum atomic E-state index is 12.2. The van der Waals surface area contributed by atoms with Gasteiger partial charge in [-0.2, -0.15) is 0 Å². The molecular formula is C16H19N3O2S2. The Bertz CT molecular complexity index is 703. The van der Waals surface area contributed by atoms with Crippen LogP contribution in [0.2, 0.25) is 0 Å². The third kappa shape index (κ3) is 5.14. The summed E-state index contributed by atoms with van der Waals surface area (Å²) in [7, 11) is 0. The van der Waals surface area contributed by atoms with E-state index in [1.807, 2.05) is 27.7 Å². The molecule has 1 amide bonds. The molecule has 0 aliphatic rings. The van der Waals surface area contributed by atoms with E-state index in [0.717, 1.165) is 9.35 Å². The zero-order valence-electron chi connectivity index (χ0n) is 13.5. The van der Waals surface area contributed by atoms with Gasteiger partial charge in [-0.05, 0) is 31.2 Å². The molecule has 23 heavy (non-hydrogen) atoms. The maximum Gasteiger partial charge on any atom is 0.229 e. The zero-order valence-corrected chi connectivity index (χ0v) is 15.2. The minimum absolute atomic E-state index is 0.0246. The SMILES string of the molecule is Cc1nnc(SCC(=O)c2ccc(NC(=O)C(C)(C)C)cc2)s1. The standard InChI is InChI=1S/C16H19N3O2S2/c1-10-18-19-15(23-10)22-9-13(20)11-5-7-12(8-6-11)17-14(21)16(2,3)4/h5-8H,9H2,1-4H3,(H,17,21). The highest BCUT2D eigenvalue weighted by Gasteiger charge is 2.21. The third-order valence-electron chi connectivity index (χ3n) is 2.98. The summed E-state index contributed by atoms with van der Waals surface area (Å²) >= 11 is 2.87. The summed E-state index contributed by atoms with van der Waals surface area (Å²) in [5.74, 6) is 0.290. The van der Waals surface area contributed by atoms with Gasteiger partial charge in [0.2, 0.25) is 5.91 Å². The summed E-state index contributed by atoms with van der Waals surface area (Å²) in [5, 5.41) is 11.6. The van der Waals surface area contributed by atoms with Crippen molar-refractivity contribution in [2.75, 3.05) is 11.1 Å². The van der Waals surface area contributed by atoms with Gasteiger partial charge in [-0.25, -0.2) is 0 Å². The van der Waals surface area contributed by atoms with Crippen LogP contribution in [0.1, 0.15) is 36.1 Å². The average Bonchev–Trinajstić information content (AvgIpc) is 2.90. The number of nitrogens with zero attached hydrogens (tertiary/aromatic N) is 2. The van der Waals surface area contributed by atoms with Gasteiger partial charge in [-0.3, -0.25) is 9.59 Å². The summed E-state index contributed by atoms with van der Waals surface area (Å²) in [6.07, 6.45) is 0. The molecule has 0 atom stereocenters. The zero-order chi connectivity index (χ0) is 17.0. The Hall–Kier alpha value is -1.73. The lowest BCUT2D eigenvalue weighted by molar-refractivity contribution is -0.123. The topological polar surface area (TPSA) is 72.0 Å². The van der Waals surface area contributed by atoms with Crippen LogP contribution in [0.3, 0.4) is 0 Å². The third-order valence-corrected chi connectivity index (χ3v) is 4.95. The fraction of sp³-hybridized carbons (Fsp3) is 0.375. The second-order valence-corrected chi connectivity index (χ2v) is 8.48. The van der Waals surface area contributed by atoms with Crippen LogP contribution in [-0.4, -0.2) is 27.6 Å². The Kier molecular flexibility index (Phi) is 5.54.